The van der Waals surface area contributed by atoms with E-state index in [1.165, 1.54) is 43.4 Å². The van der Waals surface area contributed by atoms with E-state index in [0.29, 0.717) is 6.04 Å². The molecule has 0 radical (unpaired) electrons. The summed E-state index contributed by atoms with van der Waals surface area (Å²) in [7, 11) is 0. The molecule has 126 valence electrons. The molecule has 23 heavy (non-hydrogen) atoms. The zero-order chi connectivity index (χ0) is 16.2. The molecule has 1 saturated carbocycles. The van der Waals surface area contributed by atoms with E-state index in [0.717, 1.165) is 25.1 Å². The average molecular weight is 336 g/mol. The SMILES string of the molecule is O=C(Cc1csc(C(=O)O)c1)NC1CCN(C2CCCCC2)C1. The van der Waals surface area contributed by atoms with Gasteiger partial charge in [0.15, 0.2) is 0 Å². The number of carboxylic acid groups (broad SMARTS) is 1. The van der Waals surface area contributed by atoms with Crippen molar-refractivity contribution in [2.45, 2.75) is 57.0 Å². The van der Waals surface area contributed by atoms with E-state index in [-0.39, 0.29) is 23.2 Å². The molecule has 1 aliphatic carbocycles. The number of rotatable bonds is 5. The normalized spacial score (nSPS) is 23.0. The first-order chi connectivity index (χ1) is 11.1. The van der Waals surface area contributed by atoms with Gasteiger partial charge in [0.2, 0.25) is 5.91 Å². The molecule has 1 aliphatic heterocycles. The van der Waals surface area contributed by atoms with Gasteiger partial charge in [-0.1, -0.05) is 19.3 Å². The number of aromatic carboxylic acids is 1. The van der Waals surface area contributed by atoms with Gasteiger partial charge < -0.3 is 10.4 Å². The number of thiophene rings is 1. The van der Waals surface area contributed by atoms with Crippen LogP contribution in [-0.4, -0.2) is 47.1 Å². The highest BCUT2D eigenvalue weighted by molar-refractivity contribution is 7.12. The molecule has 0 bridgehead atoms. The van der Waals surface area contributed by atoms with Crippen molar-refractivity contribution in [2.75, 3.05) is 13.1 Å². The highest BCUT2D eigenvalue weighted by Crippen LogP contribution is 2.25. The van der Waals surface area contributed by atoms with Gasteiger partial charge in [0, 0.05) is 25.2 Å². The second-order valence-electron chi connectivity index (χ2n) is 6.64. The predicted molar refractivity (Wildman–Crippen MR) is 90.0 cm³/mol. The molecule has 0 spiro atoms. The zero-order valence-electron chi connectivity index (χ0n) is 13.3. The fourth-order valence-electron chi connectivity index (χ4n) is 3.73. The van der Waals surface area contributed by atoms with Crippen molar-refractivity contribution in [3.63, 3.8) is 0 Å². The van der Waals surface area contributed by atoms with Gasteiger partial charge in [0.25, 0.3) is 0 Å². The molecule has 1 atom stereocenters. The smallest absolute Gasteiger partial charge is 0.345 e. The summed E-state index contributed by atoms with van der Waals surface area (Å²) in [4.78, 5) is 25.9. The first-order valence-electron chi connectivity index (χ1n) is 8.46. The number of nitrogens with zero attached hydrogens (tertiary/aromatic N) is 1. The third kappa shape index (κ3) is 4.32. The summed E-state index contributed by atoms with van der Waals surface area (Å²) in [5, 5.41) is 13.8. The van der Waals surface area contributed by atoms with Gasteiger partial charge in [-0.2, -0.15) is 0 Å². The maximum absolute atomic E-state index is 12.2. The maximum atomic E-state index is 12.2. The van der Waals surface area contributed by atoms with Gasteiger partial charge in [0.1, 0.15) is 4.88 Å². The number of nitrogens with one attached hydrogen (secondary N) is 1. The van der Waals surface area contributed by atoms with Gasteiger partial charge in [-0.25, -0.2) is 4.79 Å². The van der Waals surface area contributed by atoms with Crippen molar-refractivity contribution < 1.29 is 14.7 Å². The van der Waals surface area contributed by atoms with Crippen molar-refractivity contribution in [1.29, 1.82) is 0 Å². The first kappa shape index (κ1) is 16.5. The second-order valence-corrected chi connectivity index (χ2v) is 7.55. The number of carbonyl (C=O) groups excluding carboxylic acids is 1. The fourth-order valence-corrected chi connectivity index (χ4v) is 4.48. The lowest BCUT2D eigenvalue weighted by Gasteiger charge is -2.31. The van der Waals surface area contributed by atoms with Crippen molar-refractivity contribution in [3.8, 4) is 0 Å². The summed E-state index contributed by atoms with van der Waals surface area (Å²) in [6.45, 7) is 2.04. The molecule has 6 heteroatoms. The predicted octanol–water partition coefficient (Wildman–Crippen LogP) is 2.51. The lowest BCUT2D eigenvalue weighted by Crippen LogP contribution is -2.40. The lowest BCUT2D eigenvalue weighted by molar-refractivity contribution is -0.121. The number of hydrogen-bond acceptors (Lipinski definition) is 4. The van der Waals surface area contributed by atoms with E-state index in [9.17, 15) is 9.59 Å². The molecule has 2 fully saturated rings. The third-order valence-electron chi connectivity index (χ3n) is 4.91. The van der Waals surface area contributed by atoms with Gasteiger partial charge in [-0.15, -0.1) is 11.3 Å². The van der Waals surface area contributed by atoms with E-state index in [2.05, 4.69) is 10.2 Å². The van der Waals surface area contributed by atoms with Crippen molar-refractivity contribution in [3.05, 3.63) is 21.9 Å². The third-order valence-corrected chi connectivity index (χ3v) is 5.87. The molecule has 2 heterocycles. The molecule has 1 saturated heterocycles. The lowest BCUT2D eigenvalue weighted by atomic mass is 9.94. The van der Waals surface area contributed by atoms with E-state index in [1.807, 2.05) is 0 Å². The largest absolute Gasteiger partial charge is 0.477 e. The van der Waals surface area contributed by atoms with Crippen LogP contribution in [0, 0.1) is 0 Å². The van der Waals surface area contributed by atoms with Crippen LogP contribution in [0.1, 0.15) is 53.8 Å². The number of likely N-dealkylation sites (tertiary alicyclic amines) is 1. The van der Waals surface area contributed by atoms with E-state index < -0.39 is 5.97 Å². The summed E-state index contributed by atoms with van der Waals surface area (Å²) >= 11 is 1.17. The monoisotopic (exact) mass is 336 g/mol. The van der Waals surface area contributed by atoms with Crippen LogP contribution in [0.25, 0.3) is 0 Å². The Morgan fingerprint density at radius 2 is 2.04 bits per heavy atom. The maximum Gasteiger partial charge on any atom is 0.345 e. The molecular weight excluding hydrogens is 312 g/mol. The summed E-state index contributed by atoms with van der Waals surface area (Å²) in [6.07, 6.45) is 7.92. The Kier molecular flexibility index (Phi) is 5.33. The average Bonchev–Trinajstić information content (AvgIpc) is 3.18. The molecule has 2 aliphatic rings. The molecule has 1 amide bonds. The van der Waals surface area contributed by atoms with Crippen molar-refractivity contribution in [2.24, 2.45) is 0 Å². The van der Waals surface area contributed by atoms with Gasteiger partial charge in [-0.05, 0) is 36.3 Å². The molecule has 2 N–H and O–H groups in total. The van der Waals surface area contributed by atoms with Crippen LogP contribution in [-0.2, 0) is 11.2 Å². The van der Waals surface area contributed by atoms with Crippen LogP contribution in [0.5, 0.6) is 0 Å². The molecular formula is C17H24N2O3S. The number of carbonyl (C=O) groups is 2. The van der Waals surface area contributed by atoms with E-state index >= 15 is 0 Å². The quantitative estimate of drug-likeness (QED) is 0.867. The highest BCUT2D eigenvalue weighted by atomic mass is 32.1. The molecule has 3 rings (SSSR count). The van der Waals surface area contributed by atoms with E-state index in [4.69, 9.17) is 5.11 Å². The second kappa shape index (κ2) is 7.45. The topological polar surface area (TPSA) is 69.6 Å². The Hall–Kier alpha value is -1.40. The summed E-state index contributed by atoms with van der Waals surface area (Å²) in [5.74, 6) is -0.934. The Morgan fingerprint density at radius 3 is 2.74 bits per heavy atom. The van der Waals surface area contributed by atoms with Crippen molar-refractivity contribution in [1.82, 2.24) is 10.2 Å². The summed E-state index contributed by atoms with van der Waals surface area (Å²) in [5.41, 5.74) is 0.784. The number of amides is 1. The molecule has 1 aromatic heterocycles. The summed E-state index contributed by atoms with van der Waals surface area (Å²) in [6, 6.07) is 2.54. The Labute approximate surface area is 140 Å². The Morgan fingerprint density at radius 1 is 1.26 bits per heavy atom. The highest BCUT2D eigenvalue weighted by Gasteiger charge is 2.29. The van der Waals surface area contributed by atoms with Gasteiger partial charge in [0.05, 0.1) is 6.42 Å². The van der Waals surface area contributed by atoms with Crippen LogP contribution in [0.4, 0.5) is 0 Å². The minimum absolute atomic E-state index is 0.00441. The van der Waals surface area contributed by atoms with Crippen LogP contribution < -0.4 is 5.32 Å². The molecule has 5 nitrogen and oxygen atoms in total. The minimum atomic E-state index is -0.930. The van der Waals surface area contributed by atoms with Crippen molar-refractivity contribution >= 4 is 23.2 Å². The first-order valence-corrected chi connectivity index (χ1v) is 9.34. The minimum Gasteiger partial charge on any atom is -0.477 e. The molecule has 1 unspecified atom stereocenters. The van der Waals surface area contributed by atoms with Crippen LogP contribution in [0.2, 0.25) is 0 Å². The summed E-state index contributed by atoms with van der Waals surface area (Å²) < 4.78 is 0. The Bertz CT molecular complexity index is 566. The van der Waals surface area contributed by atoms with Crippen LogP contribution >= 0.6 is 11.3 Å². The van der Waals surface area contributed by atoms with Crippen LogP contribution in [0.15, 0.2) is 11.4 Å². The van der Waals surface area contributed by atoms with Gasteiger partial charge in [-0.3, -0.25) is 9.69 Å². The Balaban J connectivity index is 1.45. The standard InChI is InChI=1S/C17H24N2O3S/c20-16(9-12-8-15(17(21)22)23-11-12)18-13-6-7-19(10-13)14-4-2-1-3-5-14/h8,11,13-14H,1-7,9-10H2,(H,18,20)(H,21,22). The fraction of sp³-hybridized carbons (Fsp3) is 0.647. The molecule has 0 aromatic carbocycles. The van der Waals surface area contributed by atoms with Gasteiger partial charge >= 0.3 is 5.97 Å². The zero-order valence-corrected chi connectivity index (χ0v) is 14.1. The van der Waals surface area contributed by atoms with E-state index in [1.54, 1.807) is 11.4 Å². The number of carboxylic acids is 1. The van der Waals surface area contributed by atoms with Crippen LogP contribution in [0.3, 0.4) is 0 Å². The number of hydrogen-bond donors (Lipinski definition) is 2. The molecule has 1 aromatic rings.